The van der Waals surface area contributed by atoms with Gasteiger partial charge in [0.2, 0.25) is 0 Å². The van der Waals surface area contributed by atoms with Gasteiger partial charge in [0, 0.05) is 0 Å². The molecule has 0 aliphatic carbocycles. The Balaban J connectivity index is 1.18. The second-order valence-corrected chi connectivity index (χ2v) is 6.27. The van der Waals surface area contributed by atoms with E-state index in [2.05, 4.69) is 0 Å². The fourth-order valence-corrected chi connectivity index (χ4v) is 3.01. The third-order valence-electron chi connectivity index (χ3n) is 4.62. The maximum Gasteiger partial charge on any atom is 0.118 e. The van der Waals surface area contributed by atoms with Crippen molar-refractivity contribution in [2.75, 3.05) is 27.4 Å². The number of hydrogen-bond donors (Lipinski definition) is 0. The molecule has 0 N–H and O–H groups in total. The molecule has 0 radical (unpaired) electrons. The summed E-state index contributed by atoms with van der Waals surface area (Å²) in [7, 11) is 3.33. The average molecular weight is 342 g/mol. The van der Waals surface area contributed by atoms with E-state index < -0.39 is 0 Å². The van der Waals surface area contributed by atoms with Crippen LogP contribution in [0.25, 0.3) is 0 Å². The van der Waals surface area contributed by atoms with E-state index in [0.29, 0.717) is 13.2 Å². The van der Waals surface area contributed by atoms with Crippen LogP contribution in [-0.4, -0.2) is 39.6 Å². The summed E-state index contributed by atoms with van der Waals surface area (Å²) in [5, 5.41) is 0. The SMILES string of the molecule is COc1ccc(C2OC2COCC2OC2c2ccc(OC)cc2)cc1. The third kappa shape index (κ3) is 3.79. The van der Waals surface area contributed by atoms with Crippen molar-refractivity contribution in [3.05, 3.63) is 59.7 Å². The van der Waals surface area contributed by atoms with E-state index in [9.17, 15) is 0 Å². The summed E-state index contributed by atoms with van der Waals surface area (Å²) < 4.78 is 27.5. The van der Waals surface area contributed by atoms with E-state index >= 15 is 0 Å². The number of benzene rings is 2. The second-order valence-electron chi connectivity index (χ2n) is 6.27. The van der Waals surface area contributed by atoms with Gasteiger partial charge in [-0.05, 0) is 35.4 Å². The molecule has 4 unspecified atom stereocenters. The highest BCUT2D eigenvalue weighted by Crippen LogP contribution is 2.41. The van der Waals surface area contributed by atoms with Crippen molar-refractivity contribution in [1.82, 2.24) is 0 Å². The molecule has 0 spiro atoms. The van der Waals surface area contributed by atoms with Crippen molar-refractivity contribution < 1.29 is 23.7 Å². The van der Waals surface area contributed by atoms with Crippen LogP contribution in [0.3, 0.4) is 0 Å². The molecule has 4 atom stereocenters. The average Bonchev–Trinajstić information content (AvgIpc) is 3.58. The molecule has 2 aromatic carbocycles. The van der Waals surface area contributed by atoms with Crippen molar-refractivity contribution in [1.29, 1.82) is 0 Å². The molecule has 2 heterocycles. The quantitative estimate of drug-likeness (QED) is 0.689. The molecular formula is C20H22O5. The monoisotopic (exact) mass is 342 g/mol. The maximum absolute atomic E-state index is 5.78. The highest BCUT2D eigenvalue weighted by Gasteiger charge is 2.43. The molecule has 4 rings (SSSR count). The smallest absolute Gasteiger partial charge is 0.118 e. The molecule has 2 aliphatic rings. The Labute approximate surface area is 147 Å². The Kier molecular flexibility index (Phi) is 4.61. The van der Waals surface area contributed by atoms with Crippen molar-refractivity contribution in [2.24, 2.45) is 0 Å². The summed E-state index contributed by atoms with van der Waals surface area (Å²) in [5.74, 6) is 1.71. The van der Waals surface area contributed by atoms with Crippen LogP contribution < -0.4 is 9.47 Å². The molecular weight excluding hydrogens is 320 g/mol. The predicted molar refractivity (Wildman–Crippen MR) is 92.0 cm³/mol. The first-order valence-corrected chi connectivity index (χ1v) is 8.45. The van der Waals surface area contributed by atoms with Crippen LogP contribution in [-0.2, 0) is 14.2 Å². The van der Waals surface area contributed by atoms with Gasteiger partial charge >= 0.3 is 0 Å². The molecule has 0 aromatic heterocycles. The first-order chi connectivity index (χ1) is 12.3. The standard InChI is InChI=1S/C20H22O5/c1-21-15-7-3-13(4-8-15)19-17(24-19)11-23-12-18-20(25-18)14-5-9-16(22-2)10-6-14/h3-10,17-20H,11-12H2,1-2H3. The third-order valence-corrected chi connectivity index (χ3v) is 4.62. The normalized spacial score (nSPS) is 27.0. The van der Waals surface area contributed by atoms with Gasteiger partial charge in [0.15, 0.2) is 0 Å². The molecule has 2 aliphatic heterocycles. The number of epoxide rings is 2. The van der Waals surface area contributed by atoms with Crippen LogP contribution in [0, 0.1) is 0 Å². The van der Waals surface area contributed by atoms with Crippen molar-refractivity contribution in [2.45, 2.75) is 24.4 Å². The van der Waals surface area contributed by atoms with Crippen molar-refractivity contribution in [3.8, 4) is 11.5 Å². The molecule has 2 aromatic rings. The lowest BCUT2D eigenvalue weighted by atomic mass is 10.1. The van der Waals surface area contributed by atoms with Gasteiger partial charge in [-0.3, -0.25) is 0 Å². The van der Waals surface area contributed by atoms with E-state index in [0.717, 1.165) is 22.6 Å². The largest absolute Gasteiger partial charge is 0.497 e. The molecule has 0 saturated carbocycles. The Bertz CT molecular complexity index is 636. The van der Waals surface area contributed by atoms with Gasteiger partial charge in [-0.25, -0.2) is 0 Å². The summed E-state index contributed by atoms with van der Waals surface area (Å²) >= 11 is 0. The van der Waals surface area contributed by atoms with Crippen LogP contribution >= 0.6 is 0 Å². The Morgan fingerprint density at radius 1 is 0.680 bits per heavy atom. The van der Waals surface area contributed by atoms with E-state index in [1.54, 1.807) is 14.2 Å². The fraction of sp³-hybridized carbons (Fsp3) is 0.400. The fourth-order valence-electron chi connectivity index (χ4n) is 3.01. The van der Waals surface area contributed by atoms with Crippen LogP contribution in [0.2, 0.25) is 0 Å². The summed E-state index contributed by atoms with van der Waals surface area (Å²) in [4.78, 5) is 0. The van der Waals surface area contributed by atoms with Gasteiger partial charge in [0.25, 0.3) is 0 Å². The van der Waals surface area contributed by atoms with Gasteiger partial charge in [0.05, 0.1) is 27.4 Å². The molecule has 2 fully saturated rings. The van der Waals surface area contributed by atoms with Gasteiger partial charge in [0.1, 0.15) is 35.9 Å². The molecule has 132 valence electrons. The lowest BCUT2D eigenvalue weighted by molar-refractivity contribution is 0.102. The minimum Gasteiger partial charge on any atom is -0.497 e. The van der Waals surface area contributed by atoms with E-state index in [1.165, 1.54) is 0 Å². The number of ether oxygens (including phenoxy) is 5. The van der Waals surface area contributed by atoms with E-state index in [4.69, 9.17) is 23.7 Å². The van der Waals surface area contributed by atoms with Crippen LogP contribution in [0.4, 0.5) is 0 Å². The zero-order valence-corrected chi connectivity index (χ0v) is 14.4. The van der Waals surface area contributed by atoms with Gasteiger partial charge in [-0.1, -0.05) is 24.3 Å². The highest BCUT2D eigenvalue weighted by molar-refractivity contribution is 5.31. The maximum atomic E-state index is 5.78. The molecule has 2 saturated heterocycles. The second kappa shape index (κ2) is 7.04. The zero-order valence-electron chi connectivity index (χ0n) is 14.4. The zero-order chi connectivity index (χ0) is 17.2. The van der Waals surface area contributed by atoms with E-state index in [1.807, 2.05) is 48.5 Å². The minimum absolute atomic E-state index is 0.128. The Morgan fingerprint density at radius 2 is 1.08 bits per heavy atom. The summed E-state index contributed by atoms with van der Waals surface area (Å²) in [6.07, 6.45) is 0.519. The molecule has 25 heavy (non-hydrogen) atoms. The lowest BCUT2D eigenvalue weighted by Gasteiger charge is -2.02. The van der Waals surface area contributed by atoms with Crippen molar-refractivity contribution in [3.63, 3.8) is 0 Å². The van der Waals surface area contributed by atoms with Gasteiger partial charge < -0.3 is 23.7 Å². The number of rotatable bonds is 8. The van der Waals surface area contributed by atoms with Crippen LogP contribution in [0.15, 0.2) is 48.5 Å². The first kappa shape index (κ1) is 16.4. The van der Waals surface area contributed by atoms with Gasteiger partial charge in [-0.15, -0.1) is 0 Å². The molecule has 0 amide bonds. The number of hydrogen-bond acceptors (Lipinski definition) is 5. The Morgan fingerprint density at radius 3 is 1.44 bits per heavy atom. The topological polar surface area (TPSA) is 52.8 Å². The van der Waals surface area contributed by atoms with Crippen molar-refractivity contribution >= 4 is 0 Å². The minimum atomic E-state index is 0.128. The predicted octanol–water partition coefficient (Wildman–Crippen LogP) is 3.30. The Hall–Kier alpha value is -2.08. The summed E-state index contributed by atoms with van der Waals surface area (Å²) in [6.45, 7) is 1.18. The first-order valence-electron chi connectivity index (χ1n) is 8.45. The van der Waals surface area contributed by atoms with Crippen LogP contribution in [0.1, 0.15) is 23.3 Å². The van der Waals surface area contributed by atoms with E-state index in [-0.39, 0.29) is 24.4 Å². The van der Waals surface area contributed by atoms with Gasteiger partial charge in [-0.2, -0.15) is 0 Å². The highest BCUT2D eigenvalue weighted by atomic mass is 16.6. The molecule has 0 bridgehead atoms. The summed E-state index contributed by atoms with van der Waals surface area (Å²) in [5.41, 5.74) is 2.32. The summed E-state index contributed by atoms with van der Waals surface area (Å²) in [6, 6.07) is 15.9. The number of methoxy groups -OCH3 is 2. The molecule has 5 heteroatoms. The van der Waals surface area contributed by atoms with Crippen LogP contribution in [0.5, 0.6) is 11.5 Å². The lowest BCUT2D eigenvalue weighted by Crippen LogP contribution is -2.08. The molecule has 5 nitrogen and oxygen atoms in total.